The molecule has 1 rings (SSSR count). The minimum Gasteiger partial charge on any atom is -0.506 e. The lowest BCUT2D eigenvalue weighted by Crippen LogP contribution is -2.12. The summed E-state index contributed by atoms with van der Waals surface area (Å²) in [4.78, 5) is 0. The van der Waals surface area contributed by atoms with Crippen LogP contribution < -0.4 is 5.73 Å². The van der Waals surface area contributed by atoms with E-state index in [-0.39, 0.29) is 34.8 Å². The predicted molar refractivity (Wildman–Crippen MR) is 64.0 cm³/mol. The van der Waals surface area contributed by atoms with Crippen LogP contribution >= 0.6 is 35.6 Å². The van der Waals surface area contributed by atoms with Crippen molar-refractivity contribution in [3.63, 3.8) is 0 Å². The molecule has 86 valence electrons. The van der Waals surface area contributed by atoms with Gasteiger partial charge in [-0.2, -0.15) is 0 Å². The van der Waals surface area contributed by atoms with Crippen molar-refractivity contribution in [1.29, 1.82) is 0 Å². The summed E-state index contributed by atoms with van der Waals surface area (Å²) >= 11 is 11.4. The van der Waals surface area contributed by atoms with Crippen LogP contribution in [0.4, 0.5) is 0 Å². The Balaban J connectivity index is 0.00000196. The molecule has 0 radical (unpaired) electrons. The number of nitrogens with two attached hydrogens (primary N) is 1. The number of aromatic hydroxyl groups is 1. The molecule has 0 saturated heterocycles. The van der Waals surface area contributed by atoms with Gasteiger partial charge in [-0.3, -0.25) is 0 Å². The predicted octanol–water partition coefficient (Wildman–Crippen LogP) is 2.50. The summed E-state index contributed by atoms with van der Waals surface area (Å²) in [7, 11) is 0. The van der Waals surface area contributed by atoms with E-state index in [1.165, 1.54) is 0 Å². The van der Waals surface area contributed by atoms with Gasteiger partial charge in [0.1, 0.15) is 10.8 Å². The second-order valence-corrected chi connectivity index (χ2v) is 3.70. The third-order valence-electron chi connectivity index (χ3n) is 1.94. The first kappa shape index (κ1) is 14.8. The normalized spacial score (nSPS) is 12.0. The molecule has 0 spiro atoms. The van der Waals surface area contributed by atoms with Gasteiger partial charge >= 0.3 is 0 Å². The molecular weight excluding hydrogens is 260 g/mol. The van der Waals surface area contributed by atoms with Crippen LogP contribution in [0.3, 0.4) is 0 Å². The SMILES string of the molecule is Cl.N[C@@H](CCO)c1ccc(Cl)c(Cl)c1O. The summed E-state index contributed by atoms with van der Waals surface area (Å²) in [6.45, 7) is -0.0408. The number of hydrogen-bond donors (Lipinski definition) is 3. The van der Waals surface area contributed by atoms with E-state index in [9.17, 15) is 5.11 Å². The number of halogens is 3. The minimum atomic E-state index is -0.435. The van der Waals surface area contributed by atoms with Gasteiger partial charge in [0.2, 0.25) is 0 Å². The van der Waals surface area contributed by atoms with E-state index in [2.05, 4.69) is 0 Å². The number of phenols is 1. The van der Waals surface area contributed by atoms with Gasteiger partial charge in [0.05, 0.1) is 5.02 Å². The van der Waals surface area contributed by atoms with Gasteiger partial charge in [-0.05, 0) is 12.5 Å². The molecular formula is C9H12Cl3NO2. The van der Waals surface area contributed by atoms with Crippen LogP contribution in [0.2, 0.25) is 10.0 Å². The van der Waals surface area contributed by atoms with E-state index < -0.39 is 6.04 Å². The van der Waals surface area contributed by atoms with E-state index in [0.717, 1.165) is 0 Å². The molecule has 0 aromatic heterocycles. The molecule has 3 nitrogen and oxygen atoms in total. The molecule has 0 aliphatic carbocycles. The molecule has 0 aliphatic heterocycles. The smallest absolute Gasteiger partial charge is 0.140 e. The molecule has 0 bridgehead atoms. The number of benzene rings is 1. The maximum Gasteiger partial charge on any atom is 0.140 e. The summed E-state index contributed by atoms with van der Waals surface area (Å²) in [5.41, 5.74) is 6.20. The van der Waals surface area contributed by atoms with E-state index in [1.54, 1.807) is 12.1 Å². The molecule has 0 saturated carbocycles. The standard InChI is InChI=1S/C9H11Cl2NO2.ClH/c10-6-2-1-5(7(12)3-4-13)9(14)8(6)11;/h1-2,7,13-14H,3-4,12H2;1H/t7-;/m0./s1. The Morgan fingerprint density at radius 2 is 1.93 bits per heavy atom. The van der Waals surface area contributed by atoms with Crippen molar-refractivity contribution in [3.8, 4) is 5.75 Å². The molecule has 15 heavy (non-hydrogen) atoms. The van der Waals surface area contributed by atoms with Crippen molar-refractivity contribution < 1.29 is 10.2 Å². The van der Waals surface area contributed by atoms with Crippen LogP contribution in [0, 0.1) is 0 Å². The number of hydrogen-bond acceptors (Lipinski definition) is 3. The average molecular weight is 273 g/mol. The maximum atomic E-state index is 9.60. The van der Waals surface area contributed by atoms with Gasteiger partial charge in [-0.1, -0.05) is 29.3 Å². The summed E-state index contributed by atoms with van der Waals surface area (Å²) in [6, 6.07) is 2.73. The minimum absolute atomic E-state index is 0. The lowest BCUT2D eigenvalue weighted by molar-refractivity contribution is 0.275. The average Bonchev–Trinajstić information content (AvgIpc) is 2.15. The van der Waals surface area contributed by atoms with Gasteiger partial charge in [-0.25, -0.2) is 0 Å². The van der Waals surface area contributed by atoms with Crippen molar-refractivity contribution in [2.45, 2.75) is 12.5 Å². The Morgan fingerprint density at radius 1 is 1.33 bits per heavy atom. The molecule has 0 aliphatic rings. The van der Waals surface area contributed by atoms with Gasteiger partial charge in [0, 0.05) is 18.2 Å². The highest BCUT2D eigenvalue weighted by atomic mass is 35.5. The number of phenolic OH excluding ortho intramolecular Hbond substituents is 1. The fraction of sp³-hybridized carbons (Fsp3) is 0.333. The highest BCUT2D eigenvalue weighted by molar-refractivity contribution is 6.43. The summed E-state index contributed by atoms with van der Waals surface area (Å²) in [5.74, 6) is -0.111. The molecule has 1 aromatic carbocycles. The van der Waals surface area contributed by atoms with E-state index in [1.807, 2.05) is 0 Å². The van der Waals surface area contributed by atoms with Crippen LogP contribution in [-0.2, 0) is 0 Å². The Morgan fingerprint density at radius 3 is 2.47 bits per heavy atom. The third kappa shape index (κ3) is 3.40. The quantitative estimate of drug-likeness (QED) is 0.792. The number of aliphatic hydroxyl groups excluding tert-OH is 1. The Labute approximate surface area is 104 Å². The monoisotopic (exact) mass is 271 g/mol. The molecule has 1 aromatic rings. The van der Waals surface area contributed by atoms with Crippen LogP contribution in [0.25, 0.3) is 0 Å². The number of rotatable bonds is 3. The molecule has 4 N–H and O–H groups in total. The van der Waals surface area contributed by atoms with Crippen molar-refractivity contribution in [3.05, 3.63) is 27.7 Å². The van der Waals surface area contributed by atoms with E-state index >= 15 is 0 Å². The molecule has 0 heterocycles. The number of aliphatic hydroxyl groups is 1. The topological polar surface area (TPSA) is 66.5 Å². The summed E-state index contributed by atoms with van der Waals surface area (Å²) in [5, 5.41) is 18.7. The molecule has 1 atom stereocenters. The van der Waals surface area contributed by atoms with Gasteiger partial charge in [0.25, 0.3) is 0 Å². The van der Waals surface area contributed by atoms with Gasteiger partial charge in [-0.15, -0.1) is 12.4 Å². The fourth-order valence-electron chi connectivity index (χ4n) is 1.15. The first-order chi connectivity index (χ1) is 6.57. The van der Waals surface area contributed by atoms with Gasteiger partial charge in [0.15, 0.2) is 0 Å². The first-order valence-electron chi connectivity index (χ1n) is 4.11. The highest BCUT2D eigenvalue weighted by Crippen LogP contribution is 2.36. The molecule has 0 fully saturated rings. The zero-order valence-electron chi connectivity index (χ0n) is 7.78. The van der Waals surface area contributed by atoms with E-state index in [4.69, 9.17) is 34.0 Å². The van der Waals surface area contributed by atoms with Crippen molar-refractivity contribution in [2.75, 3.05) is 6.61 Å². The second kappa shape index (κ2) is 6.40. The first-order valence-corrected chi connectivity index (χ1v) is 4.86. The Hall–Kier alpha value is -0.190. The van der Waals surface area contributed by atoms with Crippen LogP contribution in [0.15, 0.2) is 12.1 Å². The molecule has 6 heteroatoms. The van der Waals surface area contributed by atoms with E-state index in [0.29, 0.717) is 12.0 Å². The van der Waals surface area contributed by atoms with Crippen LogP contribution in [0.5, 0.6) is 5.75 Å². The molecule has 0 amide bonds. The van der Waals surface area contributed by atoms with Gasteiger partial charge < -0.3 is 15.9 Å². The third-order valence-corrected chi connectivity index (χ3v) is 2.73. The zero-order valence-corrected chi connectivity index (χ0v) is 10.1. The van der Waals surface area contributed by atoms with Crippen LogP contribution in [-0.4, -0.2) is 16.8 Å². The lowest BCUT2D eigenvalue weighted by atomic mass is 10.0. The summed E-state index contributed by atoms with van der Waals surface area (Å²) < 4.78 is 0. The Bertz CT molecular complexity index is 333. The second-order valence-electron chi connectivity index (χ2n) is 2.92. The van der Waals surface area contributed by atoms with Crippen molar-refractivity contribution in [1.82, 2.24) is 0 Å². The fourth-order valence-corrected chi connectivity index (χ4v) is 1.47. The highest BCUT2D eigenvalue weighted by Gasteiger charge is 2.14. The summed E-state index contributed by atoms with van der Waals surface area (Å²) in [6.07, 6.45) is 0.367. The lowest BCUT2D eigenvalue weighted by Gasteiger charge is -2.13. The zero-order chi connectivity index (χ0) is 10.7. The van der Waals surface area contributed by atoms with Crippen molar-refractivity contribution in [2.24, 2.45) is 5.73 Å². The Kier molecular flexibility index (Phi) is 6.32. The maximum absolute atomic E-state index is 9.60. The largest absolute Gasteiger partial charge is 0.506 e. The molecule has 0 unspecified atom stereocenters. The van der Waals surface area contributed by atoms with Crippen molar-refractivity contribution >= 4 is 35.6 Å². The van der Waals surface area contributed by atoms with Crippen LogP contribution in [0.1, 0.15) is 18.0 Å².